The highest BCUT2D eigenvalue weighted by atomic mass is 32.2. The van der Waals surface area contributed by atoms with Crippen molar-refractivity contribution in [2.45, 2.75) is 48.5 Å². The summed E-state index contributed by atoms with van der Waals surface area (Å²) < 4.78 is 30.2. The van der Waals surface area contributed by atoms with Gasteiger partial charge in [-0.2, -0.15) is 0 Å². The Morgan fingerprint density at radius 2 is 1.97 bits per heavy atom. The number of aliphatic hydroxyl groups excluding tert-OH is 1. The van der Waals surface area contributed by atoms with Crippen molar-refractivity contribution in [3.63, 3.8) is 0 Å². The SMILES string of the molecule is CC(O)c1cnc(NC(=O)C(=NO[C@@H]2CCOC2)c2ccc(S(=O)(=O)C3CC3)cc2)cn1. The Labute approximate surface area is 185 Å². The number of aliphatic hydroxyl groups is 1. The molecule has 1 aromatic carbocycles. The molecule has 1 unspecified atom stereocenters. The van der Waals surface area contributed by atoms with Gasteiger partial charge in [-0.1, -0.05) is 17.3 Å². The molecule has 11 heteroatoms. The van der Waals surface area contributed by atoms with Crippen LogP contribution in [-0.4, -0.2) is 59.7 Å². The monoisotopic (exact) mass is 460 g/mol. The first-order valence-corrected chi connectivity index (χ1v) is 11.9. The lowest BCUT2D eigenvalue weighted by molar-refractivity contribution is -0.110. The second-order valence-corrected chi connectivity index (χ2v) is 9.98. The maximum Gasteiger partial charge on any atom is 0.279 e. The normalized spacial score (nSPS) is 20.1. The summed E-state index contributed by atoms with van der Waals surface area (Å²) in [6.45, 7) is 2.49. The van der Waals surface area contributed by atoms with Gasteiger partial charge in [-0.15, -0.1) is 0 Å². The molecule has 170 valence electrons. The van der Waals surface area contributed by atoms with E-state index in [1.807, 2.05) is 0 Å². The lowest BCUT2D eigenvalue weighted by Gasteiger charge is -2.11. The number of carbonyl (C=O) groups excluding carboxylic acids is 1. The number of amides is 1. The number of hydrogen-bond acceptors (Lipinski definition) is 9. The van der Waals surface area contributed by atoms with E-state index in [9.17, 15) is 18.3 Å². The summed E-state index contributed by atoms with van der Waals surface area (Å²) in [7, 11) is -3.34. The molecule has 0 bridgehead atoms. The molecule has 0 spiro atoms. The van der Waals surface area contributed by atoms with Crippen LogP contribution in [0.2, 0.25) is 0 Å². The highest BCUT2D eigenvalue weighted by Crippen LogP contribution is 2.33. The summed E-state index contributed by atoms with van der Waals surface area (Å²) >= 11 is 0. The maximum absolute atomic E-state index is 12.9. The smallest absolute Gasteiger partial charge is 0.279 e. The molecular formula is C21H24N4O6S. The van der Waals surface area contributed by atoms with Crippen molar-refractivity contribution in [1.82, 2.24) is 9.97 Å². The number of carbonyl (C=O) groups is 1. The molecule has 32 heavy (non-hydrogen) atoms. The molecule has 4 rings (SSSR count). The number of benzene rings is 1. The molecule has 2 heterocycles. The Morgan fingerprint density at radius 1 is 1.22 bits per heavy atom. The standard InChI is InChI=1S/C21H24N4O6S/c1-13(26)18-10-23-19(11-22-18)24-21(27)20(25-31-15-8-9-30-12-15)14-2-4-16(5-3-14)32(28,29)17-6-7-17/h2-5,10-11,13,15,17,26H,6-9,12H2,1H3,(H,23,24,27)/t13?,15-/m1/s1. The minimum atomic E-state index is -3.34. The Bertz CT molecular complexity index is 1090. The van der Waals surface area contributed by atoms with Gasteiger partial charge < -0.3 is 20.0 Å². The molecule has 0 radical (unpaired) electrons. The molecule has 10 nitrogen and oxygen atoms in total. The fourth-order valence-electron chi connectivity index (χ4n) is 3.12. The zero-order valence-electron chi connectivity index (χ0n) is 17.5. The number of ether oxygens (including phenoxy) is 1. The van der Waals surface area contributed by atoms with Crippen molar-refractivity contribution < 1.29 is 27.9 Å². The van der Waals surface area contributed by atoms with Gasteiger partial charge in [0.2, 0.25) is 0 Å². The molecule has 1 saturated heterocycles. The molecule has 2 atom stereocenters. The molecule has 1 saturated carbocycles. The van der Waals surface area contributed by atoms with E-state index in [4.69, 9.17) is 9.57 Å². The molecule has 1 amide bonds. The number of hydrogen-bond donors (Lipinski definition) is 2. The quantitative estimate of drug-likeness (QED) is 0.447. The van der Waals surface area contributed by atoms with E-state index >= 15 is 0 Å². The molecule has 1 aromatic heterocycles. The van der Waals surface area contributed by atoms with E-state index in [0.29, 0.717) is 43.7 Å². The molecule has 2 aromatic rings. The second-order valence-electron chi connectivity index (χ2n) is 7.76. The Kier molecular flexibility index (Phi) is 6.49. The number of sulfone groups is 1. The highest BCUT2D eigenvalue weighted by molar-refractivity contribution is 7.92. The molecule has 1 aliphatic heterocycles. The summed E-state index contributed by atoms with van der Waals surface area (Å²) in [4.78, 5) is 26.8. The van der Waals surface area contributed by atoms with Crippen LogP contribution < -0.4 is 5.32 Å². The summed E-state index contributed by atoms with van der Waals surface area (Å²) in [5.41, 5.74) is 0.729. The minimum Gasteiger partial charge on any atom is -0.389 e. The summed E-state index contributed by atoms with van der Waals surface area (Å²) in [5, 5.41) is 15.9. The fourth-order valence-corrected chi connectivity index (χ4v) is 4.77. The third kappa shape index (κ3) is 5.12. The van der Waals surface area contributed by atoms with Crippen LogP contribution in [0.25, 0.3) is 0 Å². The van der Waals surface area contributed by atoms with Crippen molar-refractivity contribution in [2.75, 3.05) is 18.5 Å². The van der Waals surface area contributed by atoms with Crippen LogP contribution >= 0.6 is 0 Å². The fraction of sp³-hybridized carbons (Fsp3) is 0.429. The summed E-state index contributed by atoms with van der Waals surface area (Å²) in [6.07, 6.45) is 3.64. The van der Waals surface area contributed by atoms with E-state index < -0.39 is 21.8 Å². The number of rotatable bonds is 8. The Hall–Kier alpha value is -2.89. The molecule has 1 aliphatic carbocycles. The van der Waals surface area contributed by atoms with Gasteiger partial charge in [-0.3, -0.25) is 9.78 Å². The third-order valence-electron chi connectivity index (χ3n) is 5.16. The van der Waals surface area contributed by atoms with Gasteiger partial charge >= 0.3 is 0 Å². The van der Waals surface area contributed by atoms with Crippen LogP contribution in [0, 0.1) is 0 Å². The van der Waals surface area contributed by atoms with Crippen LogP contribution in [0.15, 0.2) is 46.7 Å². The average Bonchev–Trinajstić information content (AvgIpc) is 3.52. The van der Waals surface area contributed by atoms with Crippen molar-refractivity contribution in [2.24, 2.45) is 5.16 Å². The Morgan fingerprint density at radius 3 is 2.53 bits per heavy atom. The van der Waals surface area contributed by atoms with Crippen LogP contribution in [0.1, 0.15) is 43.5 Å². The maximum atomic E-state index is 12.9. The first kappa shape index (κ1) is 22.3. The molecular weight excluding hydrogens is 436 g/mol. The van der Waals surface area contributed by atoms with Gasteiger partial charge in [-0.05, 0) is 31.9 Å². The molecule has 2 fully saturated rings. The van der Waals surface area contributed by atoms with E-state index in [0.717, 1.165) is 0 Å². The van der Waals surface area contributed by atoms with E-state index in [1.165, 1.54) is 36.7 Å². The van der Waals surface area contributed by atoms with Crippen LogP contribution in [0.5, 0.6) is 0 Å². The van der Waals surface area contributed by atoms with Crippen molar-refractivity contribution in [1.29, 1.82) is 0 Å². The van der Waals surface area contributed by atoms with Gasteiger partial charge in [0.1, 0.15) is 0 Å². The number of nitrogens with zero attached hydrogens (tertiary/aromatic N) is 3. The average molecular weight is 461 g/mol. The van der Waals surface area contributed by atoms with Crippen LogP contribution in [0.4, 0.5) is 5.82 Å². The second kappa shape index (κ2) is 9.31. The Balaban J connectivity index is 1.56. The van der Waals surface area contributed by atoms with Crippen molar-refractivity contribution in [3.8, 4) is 0 Å². The first-order valence-electron chi connectivity index (χ1n) is 10.3. The minimum absolute atomic E-state index is 0.0336. The zero-order valence-corrected chi connectivity index (χ0v) is 18.3. The number of aromatic nitrogens is 2. The lowest BCUT2D eigenvalue weighted by Crippen LogP contribution is -2.26. The highest BCUT2D eigenvalue weighted by Gasteiger charge is 2.36. The largest absolute Gasteiger partial charge is 0.389 e. The number of oxime groups is 1. The van der Waals surface area contributed by atoms with Gasteiger partial charge in [0.05, 0.1) is 47.6 Å². The van der Waals surface area contributed by atoms with Crippen molar-refractivity contribution in [3.05, 3.63) is 47.9 Å². The first-order chi connectivity index (χ1) is 15.3. The molecule has 2 aliphatic rings. The lowest BCUT2D eigenvalue weighted by atomic mass is 10.1. The topological polar surface area (TPSA) is 140 Å². The number of anilines is 1. The van der Waals surface area contributed by atoms with Gasteiger partial charge in [0.25, 0.3) is 5.91 Å². The van der Waals surface area contributed by atoms with Crippen molar-refractivity contribution >= 4 is 27.3 Å². The van der Waals surface area contributed by atoms with Crippen LogP contribution in [-0.2, 0) is 24.2 Å². The van der Waals surface area contributed by atoms with E-state index in [-0.39, 0.29) is 27.8 Å². The number of nitrogens with one attached hydrogen (secondary N) is 1. The van der Waals surface area contributed by atoms with E-state index in [1.54, 1.807) is 6.92 Å². The summed E-state index contributed by atoms with van der Waals surface area (Å²) in [6, 6.07) is 6.01. The van der Waals surface area contributed by atoms with Gasteiger partial charge in [-0.25, -0.2) is 13.4 Å². The third-order valence-corrected chi connectivity index (χ3v) is 7.44. The van der Waals surface area contributed by atoms with Gasteiger partial charge in [0, 0.05) is 12.0 Å². The van der Waals surface area contributed by atoms with Crippen LogP contribution in [0.3, 0.4) is 0 Å². The predicted octanol–water partition coefficient (Wildman–Crippen LogP) is 1.61. The molecule has 2 N–H and O–H groups in total. The van der Waals surface area contributed by atoms with Gasteiger partial charge in [0.15, 0.2) is 27.5 Å². The predicted molar refractivity (Wildman–Crippen MR) is 115 cm³/mol. The summed E-state index contributed by atoms with van der Waals surface area (Å²) in [5.74, 6) is -0.426. The zero-order chi connectivity index (χ0) is 22.7. The van der Waals surface area contributed by atoms with E-state index in [2.05, 4.69) is 20.4 Å².